The van der Waals surface area contributed by atoms with Crippen LogP contribution in [0.15, 0.2) is 0 Å². The Hall–Kier alpha value is -1.59. The van der Waals surface area contributed by atoms with E-state index in [9.17, 15) is 14.4 Å². The van der Waals surface area contributed by atoms with E-state index >= 15 is 0 Å². The van der Waals surface area contributed by atoms with E-state index in [-0.39, 0.29) is 31.1 Å². The summed E-state index contributed by atoms with van der Waals surface area (Å²) in [6.45, 7) is 11.4. The van der Waals surface area contributed by atoms with Gasteiger partial charge in [-0.15, -0.1) is 0 Å². The molecule has 0 saturated heterocycles. The van der Waals surface area contributed by atoms with E-state index in [0.717, 1.165) is 69.6 Å². The summed E-state index contributed by atoms with van der Waals surface area (Å²) in [6.07, 6.45) is 61.0. The van der Waals surface area contributed by atoms with Gasteiger partial charge in [-0.05, 0) is 31.1 Å². The molecule has 0 spiro atoms. The average molecular weight is 976 g/mol. The third-order valence-electron chi connectivity index (χ3n) is 14.5. The van der Waals surface area contributed by atoms with Crippen molar-refractivity contribution in [2.24, 2.45) is 11.8 Å². The lowest BCUT2D eigenvalue weighted by Crippen LogP contribution is -2.30. The average Bonchev–Trinajstić information content (AvgIpc) is 3.32. The van der Waals surface area contributed by atoms with E-state index in [2.05, 4.69) is 34.6 Å². The van der Waals surface area contributed by atoms with Crippen molar-refractivity contribution in [3.8, 4) is 0 Å². The number of carbonyl (C=O) groups excluding carboxylic acids is 3. The second kappa shape index (κ2) is 55.7. The Balaban J connectivity index is 4.29. The topological polar surface area (TPSA) is 78.9 Å². The highest BCUT2D eigenvalue weighted by molar-refractivity contribution is 5.71. The molecule has 0 aliphatic carbocycles. The normalized spacial score (nSPS) is 12.0. The van der Waals surface area contributed by atoms with Crippen LogP contribution in [0.25, 0.3) is 0 Å². The number of hydrogen-bond acceptors (Lipinski definition) is 6. The number of hydrogen-bond donors (Lipinski definition) is 0. The molecule has 0 bridgehead atoms. The molecule has 0 aromatic carbocycles. The Morgan fingerprint density at radius 3 is 0.710 bits per heavy atom. The molecule has 0 rings (SSSR count). The summed E-state index contributed by atoms with van der Waals surface area (Å²) < 4.78 is 16.9. The Labute approximate surface area is 431 Å². The first-order chi connectivity index (χ1) is 33.7. The highest BCUT2D eigenvalue weighted by Gasteiger charge is 2.19. The van der Waals surface area contributed by atoms with Crippen LogP contribution in [-0.4, -0.2) is 37.2 Å². The first-order valence-corrected chi connectivity index (χ1v) is 31.2. The molecule has 0 saturated carbocycles. The van der Waals surface area contributed by atoms with Crippen LogP contribution in [0.3, 0.4) is 0 Å². The van der Waals surface area contributed by atoms with Gasteiger partial charge in [0.15, 0.2) is 6.10 Å². The minimum atomic E-state index is -0.763. The molecule has 1 atom stereocenters. The van der Waals surface area contributed by atoms with Crippen molar-refractivity contribution in [1.29, 1.82) is 0 Å². The van der Waals surface area contributed by atoms with Crippen LogP contribution in [-0.2, 0) is 28.6 Å². The summed E-state index contributed by atoms with van der Waals surface area (Å²) in [5, 5.41) is 0. The maximum atomic E-state index is 12.9. The molecule has 6 nitrogen and oxygen atoms in total. The summed E-state index contributed by atoms with van der Waals surface area (Å²) in [5.74, 6) is 0.850. The number of rotatable bonds is 57. The van der Waals surface area contributed by atoms with E-state index in [1.807, 2.05) is 0 Å². The molecule has 0 radical (unpaired) electrons. The predicted octanol–water partition coefficient (Wildman–Crippen LogP) is 20.8. The fraction of sp³-hybridized carbons (Fsp3) is 0.952. The quantitative estimate of drug-likeness (QED) is 0.0343. The lowest BCUT2D eigenvalue weighted by molar-refractivity contribution is -0.167. The second-order valence-corrected chi connectivity index (χ2v) is 22.6. The van der Waals surface area contributed by atoms with Crippen molar-refractivity contribution < 1.29 is 28.6 Å². The van der Waals surface area contributed by atoms with Crippen LogP contribution >= 0.6 is 0 Å². The van der Waals surface area contributed by atoms with Crippen molar-refractivity contribution in [2.75, 3.05) is 13.2 Å². The zero-order valence-corrected chi connectivity index (χ0v) is 47.5. The van der Waals surface area contributed by atoms with Crippen LogP contribution in [0.1, 0.15) is 356 Å². The molecule has 0 unspecified atom stereocenters. The van der Waals surface area contributed by atoms with Crippen LogP contribution in [0.2, 0.25) is 0 Å². The van der Waals surface area contributed by atoms with E-state index in [1.165, 1.54) is 244 Å². The summed E-state index contributed by atoms with van der Waals surface area (Å²) in [7, 11) is 0. The predicted molar refractivity (Wildman–Crippen MR) is 298 cm³/mol. The van der Waals surface area contributed by atoms with Crippen LogP contribution in [0, 0.1) is 11.8 Å². The van der Waals surface area contributed by atoms with Crippen molar-refractivity contribution in [2.45, 2.75) is 362 Å². The molecule has 410 valence electrons. The Morgan fingerprint density at radius 2 is 0.478 bits per heavy atom. The molecule has 0 N–H and O–H groups in total. The third-order valence-corrected chi connectivity index (χ3v) is 14.5. The first-order valence-electron chi connectivity index (χ1n) is 31.2. The van der Waals surface area contributed by atoms with Gasteiger partial charge in [-0.1, -0.05) is 317 Å². The largest absolute Gasteiger partial charge is 0.462 e. The van der Waals surface area contributed by atoms with Gasteiger partial charge >= 0.3 is 17.9 Å². The smallest absolute Gasteiger partial charge is 0.306 e. The molecule has 0 aromatic rings. The van der Waals surface area contributed by atoms with Gasteiger partial charge < -0.3 is 14.2 Å². The second-order valence-electron chi connectivity index (χ2n) is 22.6. The Bertz CT molecular complexity index is 1060. The van der Waals surface area contributed by atoms with E-state index < -0.39 is 6.10 Å². The number of esters is 3. The standard InChI is InChI=1S/C63H122O6/c1-6-7-8-9-10-11-12-13-14-15-16-17-23-28-33-38-43-48-53-61(64)67-56-60(57-68-62(65)54-49-44-39-34-29-25-20-22-27-32-37-42-47-52-59(4)5)69-63(66)55-50-45-40-35-30-24-19-18-21-26-31-36-41-46-51-58(2)3/h58-60H,6-57H2,1-5H3/t60-/m1/s1. The fourth-order valence-corrected chi connectivity index (χ4v) is 9.76. The van der Waals surface area contributed by atoms with Gasteiger partial charge in [0.1, 0.15) is 13.2 Å². The van der Waals surface area contributed by atoms with Gasteiger partial charge in [0.05, 0.1) is 0 Å². The molecule has 0 aliphatic heterocycles. The summed E-state index contributed by atoms with van der Waals surface area (Å²) in [6, 6.07) is 0. The van der Waals surface area contributed by atoms with Gasteiger partial charge in [0, 0.05) is 19.3 Å². The number of ether oxygens (including phenoxy) is 3. The molecule has 0 amide bonds. The molecule has 0 fully saturated rings. The minimum absolute atomic E-state index is 0.0620. The van der Waals surface area contributed by atoms with Crippen LogP contribution in [0.5, 0.6) is 0 Å². The van der Waals surface area contributed by atoms with E-state index in [1.54, 1.807) is 0 Å². The summed E-state index contributed by atoms with van der Waals surface area (Å²) in [4.78, 5) is 38.3. The Morgan fingerprint density at radius 1 is 0.275 bits per heavy atom. The van der Waals surface area contributed by atoms with Crippen molar-refractivity contribution in [3.63, 3.8) is 0 Å². The van der Waals surface area contributed by atoms with Crippen LogP contribution < -0.4 is 0 Å². The third kappa shape index (κ3) is 57.2. The van der Waals surface area contributed by atoms with Gasteiger partial charge in [-0.25, -0.2) is 0 Å². The van der Waals surface area contributed by atoms with Crippen LogP contribution in [0.4, 0.5) is 0 Å². The summed E-state index contributed by atoms with van der Waals surface area (Å²) in [5.41, 5.74) is 0. The van der Waals surface area contributed by atoms with Gasteiger partial charge in [-0.3, -0.25) is 14.4 Å². The van der Waals surface area contributed by atoms with Gasteiger partial charge in [0.25, 0.3) is 0 Å². The lowest BCUT2D eigenvalue weighted by Gasteiger charge is -2.18. The molecular formula is C63H122O6. The van der Waals surface area contributed by atoms with E-state index in [0.29, 0.717) is 19.3 Å². The lowest BCUT2D eigenvalue weighted by atomic mass is 10.0. The Kier molecular flexibility index (Phi) is 54.4. The monoisotopic (exact) mass is 975 g/mol. The minimum Gasteiger partial charge on any atom is -0.462 e. The van der Waals surface area contributed by atoms with Crippen molar-refractivity contribution in [3.05, 3.63) is 0 Å². The highest BCUT2D eigenvalue weighted by Crippen LogP contribution is 2.19. The van der Waals surface area contributed by atoms with Gasteiger partial charge in [0.2, 0.25) is 0 Å². The van der Waals surface area contributed by atoms with Crippen molar-refractivity contribution in [1.82, 2.24) is 0 Å². The molecule has 6 heteroatoms. The molecular weight excluding hydrogens is 853 g/mol. The van der Waals surface area contributed by atoms with E-state index in [4.69, 9.17) is 14.2 Å². The zero-order valence-electron chi connectivity index (χ0n) is 47.5. The molecule has 0 aromatic heterocycles. The highest BCUT2D eigenvalue weighted by atomic mass is 16.6. The SMILES string of the molecule is CCCCCCCCCCCCCCCCCCCCC(=O)OC[C@H](COC(=O)CCCCCCCCCCCCCCCC(C)C)OC(=O)CCCCCCCCCCCCCCCCC(C)C. The van der Waals surface area contributed by atoms with Crippen molar-refractivity contribution >= 4 is 17.9 Å². The first kappa shape index (κ1) is 67.4. The maximum absolute atomic E-state index is 12.9. The maximum Gasteiger partial charge on any atom is 0.306 e. The summed E-state index contributed by atoms with van der Waals surface area (Å²) >= 11 is 0. The molecule has 0 heterocycles. The molecule has 0 aliphatic rings. The molecule has 69 heavy (non-hydrogen) atoms. The number of carbonyl (C=O) groups is 3. The van der Waals surface area contributed by atoms with Gasteiger partial charge in [-0.2, -0.15) is 0 Å². The zero-order chi connectivity index (χ0) is 50.4. The number of unbranched alkanes of at least 4 members (excludes halogenated alkanes) is 42. The fourth-order valence-electron chi connectivity index (χ4n) is 9.76.